The molecule has 2 aromatic rings. The third-order valence-electron chi connectivity index (χ3n) is 2.80. The van der Waals surface area contributed by atoms with Crippen molar-refractivity contribution in [2.24, 2.45) is 0 Å². The molecule has 1 aliphatic heterocycles. The number of carbonyl (C=O) groups is 1. The fourth-order valence-corrected chi connectivity index (χ4v) is 2.67. The minimum atomic E-state index is -0.320. The van der Waals surface area contributed by atoms with E-state index in [4.69, 9.17) is 15.2 Å². The molecule has 0 amide bonds. The molecule has 1 fully saturated rings. The molecule has 1 aromatic carbocycles. The number of nitrogens with two attached hydrogens (primary N) is 1. The first-order chi connectivity index (χ1) is 8.72. The van der Waals surface area contributed by atoms with E-state index in [1.807, 2.05) is 0 Å². The molecule has 0 spiro atoms. The largest absolute Gasteiger partial charge is 0.456 e. The molecule has 1 atom stereocenters. The summed E-state index contributed by atoms with van der Waals surface area (Å²) < 4.78 is 11.4. The predicted molar refractivity (Wildman–Crippen MR) is 68.7 cm³/mol. The van der Waals surface area contributed by atoms with Crippen molar-refractivity contribution in [3.05, 3.63) is 23.8 Å². The smallest absolute Gasteiger partial charge is 0.338 e. The fourth-order valence-electron chi connectivity index (χ4n) is 1.89. The lowest BCUT2D eigenvalue weighted by Gasteiger charge is -2.09. The van der Waals surface area contributed by atoms with E-state index in [9.17, 15) is 4.79 Å². The third kappa shape index (κ3) is 2.16. The van der Waals surface area contributed by atoms with Crippen molar-refractivity contribution in [2.45, 2.75) is 12.5 Å². The van der Waals surface area contributed by atoms with Crippen LogP contribution in [-0.2, 0) is 9.47 Å². The van der Waals surface area contributed by atoms with Gasteiger partial charge in [-0.1, -0.05) is 11.3 Å². The van der Waals surface area contributed by atoms with E-state index in [2.05, 4.69) is 4.98 Å². The van der Waals surface area contributed by atoms with Crippen LogP contribution in [0, 0.1) is 0 Å². The molecule has 3 rings (SSSR count). The van der Waals surface area contributed by atoms with Gasteiger partial charge < -0.3 is 15.2 Å². The number of fused-ring (bicyclic) bond motifs is 1. The van der Waals surface area contributed by atoms with Crippen LogP contribution in [0.4, 0.5) is 5.13 Å². The van der Waals surface area contributed by atoms with Gasteiger partial charge in [-0.05, 0) is 18.2 Å². The molecule has 1 unspecified atom stereocenters. The highest BCUT2D eigenvalue weighted by atomic mass is 32.1. The van der Waals surface area contributed by atoms with Crippen molar-refractivity contribution in [3.63, 3.8) is 0 Å². The number of hydrogen-bond acceptors (Lipinski definition) is 6. The van der Waals surface area contributed by atoms with Gasteiger partial charge in [0.2, 0.25) is 0 Å². The zero-order valence-corrected chi connectivity index (χ0v) is 10.4. The third-order valence-corrected chi connectivity index (χ3v) is 3.65. The number of anilines is 1. The highest BCUT2D eigenvalue weighted by Gasteiger charge is 2.21. The van der Waals surface area contributed by atoms with Crippen LogP contribution in [-0.4, -0.2) is 30.3 Å². The van der Waals surface area contributed by atoms with Crippen molar-refractivity contribution in [3.8, 4) is 0 Å². The van der Waals surface area contributed by atoms with E-state index in [0.717, 1.165) is 16.6 Å². The Bertz CT molecular complexity index is 590. The summed E-state index contributed by atoms with van der Waals surface area (Å²) in [6.45, 7) is 1.14. The minimum Gasteiger partial charge on any atom is -0.456 e. The molecule has 0 aliphatic carbocycles. The van der Waals surface area contributed by atoms with Gasteiger partial charge in [0.25, 0.3) is 0 Å². The second-order valence-electron chi connectivity index (χ2n) is 4.13. The van der Waals surface area contributed by atoms with Crippen molar-refractivity contribution < 1.29 is 14.3 Å². The van der Waals surface area contributed by atoms with E-state index in [-0.39, 0.29) is 12.1 Å². The molecular formula is C12H12N2O3S. The monoisotopic (exact) mass is 264 g/mol. The van der Waals surface area contributed by atoms with Gasteiger partial charge in [0, 0.05) is 6.42 Å². The topological polar surface area (TPSA) is 74.4 Å². The summed E-state index contributed by atoms with van der Waals surface area (Å²) in [5.41, 5.74) is 6.95. The molecule has 6 heteroatoms. The molecule has 5 nitrogen and oxygen atoms in total. The first kappa shape index (κ1) is 11.4. The van der Waals surface area contributed by atoms with Crippen LogP contribution in [0.1, 0.15) is 16.8 Å². The van der Waals surface area contributed by atoms with Crippen molar-refractivity contribution in [1.29, 1.82) is 0 Å². The number of carbonyl (C=O) groups excluding carboxylic acids is 1. The van der Waals surface area contributed by atoms with Crippen LogP contribution in [0.5, 0.6) is 0 Å². The van der Waals surface area contributed by atoms with E-state index >= 15 is 0 Å². The maximum absolute atomic E-state index is 11.9. The first-order valence-corrected chi connectivity index (χ1v) is 6.49. The number of ether oxygens (including phenoxy) is 2. The molecule has 1 aliphatic rings. The second-order valence-corrected chi connectivity index (χ2v) is 5.19. The summed E-state index contributed by atoms with van der Waals surface area (Å²) in [5.74, 6) is -0.320. The number of hydrogen-bond donors (Lipinski definition) is 1. The standard InChI is InChI=1S/C12H12N2O3S/c13-12-14-9-2-1-7(5-10(9)18-12)11(15)17-8-3-4-16-6-8/h1-2,5,8H,3-4,6H2,(H2,13,14). The normalized spacial score (nSPS) is 19.2. The number of thiazole rings is 1. The summed E-state index contributed by atoms with van der Waals surface area (Å²) in [6.07, 6.45) is 0.640. The highest BCUT2D eigenvalue weighted by molar-refractivity contribution is 7.22. The Hall–Kier alpha value is -1.66. The van der Waals surface area contributed by atoms with Gasteiger partial charge in [0.1, 0.15) is 6.10 Å². The van der Waals surface area contributed by atoms with Gasteiger partial charge in [0.05, 0.1) is 29.0 Å². The maximum atomic E-state index is 11.9. The summed E-state index contributed by atoms with van der Waals surface area (Å²) in [7, 11) is 0. The lowest BCUT2D eigenvalue weighted by molar-refractivity contribution is 0.0271. The average Bonchev–Trinajstić information content (AvgIpc) is 2.95. The molecular weight excluding hydrogens is 252 g/mol. The van der Waals surface area contributed by atoms with Crippen LogP contribution in [0.25, 0.3) is 10.2 Å². The Morgan fingerprint density at radius 2 is 2.44 bits per heavy atom. The van der Waals surface area contributed by atoms with Crippen LogP contribution < -0.4 is 5.73 Å². The van der Waals surface area contributed by atoms with Gasteiger partial charge in [-0.3, -0.25) is 0 Å². The van der Waals surface area contributed by atoms with Gasteiger partial charge in [0.15, 0.2) is 5.13 Å². The molecule has 2 heterocycles. The lowest BCUT2D eigenvalue weighted by Crippen LogP contribution is -2.17. The summed E-state index contributed by atoms with van der Waals surface area (Å²) in [4.78, 5) is 16.1. The van der Waals surface area contributed by atoms with Crippen molar-refractivity contribution >= 4 is 32.7 Å². The van der Waals surface area contributed by atoms with Crippen LogP contribution in [0.15, 0.2) is 18.2 Å². The van der Waals surface area contributed by atoms with Crippen LogP contribution in [0.3, 0.4) is 0 Å². The van der Waals surface area contributed by atoms with Crippen LogP contribution in [0.2, 0.25) is 0 Å². The minimum absolute atomic E-state index is 0.125. The van der Waals surface area contributed by atoms with Gasteiger partial charge in [-0.15, -0.1) is 0 Å². The fraction of sp³-hybridized carbons (Fsp3) is 0.333. The van der Waals surface area contributed by atoms with E-state index < -0.39 is 0 Å². The maximum Gasteiger partial charge on any atom is 0.338 e. The Morgan fingerprint density at radius 3 is 3.22 bits per heavy atom. The summed E-state index contributed by atoms with van der Waals surface area (Å²) in [5, 5.41) is 0.500. The average molecular weight is 264 g/mol. The Morgan fingerprint density at radius 1 is 1.56 bits per heavy atom. The summed E-state index contributed by atoms with van der Waals surface area (Å²) in [6, 6.07) is 5.26. The molecule has 18 heavy (non-hydrogen) atoms. The second kappa shape index (κ2) is 4.55. The van der Waals surface area contributed by atoms with E-state index in [1.54, 1.807) is 18.2 Å². The molecule has 0 radical (unpaired) electrons. The number of nitrogens with zero attached hydrogens (tertiary/aromatic N) is 1. The SMILES string of the molecule is Nc1nc2ccc(C(=O)OC3CCOC3)cc2s1. The quantitative estimate of drug-likeness (QED) is 0.837. The van der Waals surface area contributed by atoms with Gasteiger partial charge >= 0.3 is 5.97 Å². The zero-order chi connectivity index (χ0) is 12.5. The number of benzene rings is 1. The van der Waals surface area contributed by atoms with Crippen molar-refractivity contribution in [1.82, 2.24) is 4.98 Å². The van der Waals surface area contributed by atoms with Crippen molar-refractivity contribution in [2.75, 3.05) is 18.9 Å². The number of esters is 1. The zero-order valence-electron chi connectivity index (χ0n) is 9.59. The molecule has 0 bridgehead atoms. The van der Waals surface area contributed by atoms with E-state index in [0.29, 0.717) is 23.9 Å². The van der Waals surface area contributed by atoms with Crippen LogP contribution >= 0.6 is 11.3 Å². The number of rotatable bonds is 2. The van der Waals surface area contributed by atoms with E-state index in [1.165, 1.54) is 11.3 Å². The first-order valence-electron chi connectivity index (χ1n) is 5.67. The Kier molecular flexibility index (Phi) is 2.89. The predicted octanol–water partition coefficient (Wildman–Crippen LogP) is 1.82. The highest BCUT2D eigenvalue weighted by Crippen LogP contribution is 2.25. The number of aromatic nitrogens is 1. The molecule has 2 N–H and O–H groups in total. The molecule has 1 saturated heterocycles. The Labute approximate surface area is 108 Å². The molecule has 0 saturated carbocycles. The lowest BCUT2D eigenvalue weighted by atomic mass is 10.2. The summed E-state index contributed by atoms with van der Waals surface area (Å²) >= 11 is 1.36. The van der Waals surface area contributed by atoms with Gasteiger partial charge in [-0.2, -0.15) is 0 Å². The Balaban J connectivity index is 1.81. The molecule has 1 aromatic heterocycles. The van der Waals surface area contributed by atoms with Gasteiger partial charge in [-0.25, -0.2) is 9.78 Å². The number of nitrogen functional groups attached to an aromatic ring is 1. The molecule has 94 valence electrons.